The van der Waals surface area contributed by atoms with E-state index in [1.54, 1.807) is 51.1 Å². The maximum absolute atomic E-state index is 14.0. The fourth-order valence-corrected chi connectivity index (χ4v) is 3.01. The van der Waals surface area contributed by atoms with Crippen LogP contribution in [0.5, 0.6) is 0 Å². The Balaban J connectivity index is 2.14. The maximum atomic E-state index is 14.0. The molecule has 0 saturated carbocycles. The number of rotatable bonds is 7. The smallest absolute Gasteiger partial charge is 0.407 e. The van der Waals surface area contributed by atoms with Crippen LogP contribution in [0.3, 0.4) is 0 Å². The third-order valence-corrected chi connectivity index (χ3v) is 4.31. The van der Waals surface area contributed by atoms with Gasteiger partial charge in [0.2, 0.25) is 0 Å². The van der Waals surface area contributed by atoms with Crippen molar-refractivity contribution in [1.82, 2.24) is 5.32 Å². The topological polar surface area (TPSA) is 75.6 Å². The lowest BCUT2D eigenvalue weighted by molar-refractivity contribution is -0.115. The molecule has 2 rings (SSSR count). The number of alkyl carbamates (subject to hydrolysis) is 1. The van der Waals surface area contributed by atoms with E-state index in [-0.39, 0.29) is 12.2 Å². The second kappa shape index (κ2) is 9.85. The summed E-state index contributed by atoms with van der Waals surface area (Å²) in [6.45, 7) is 5.24. The van der Waals surface area contributed by atoms with Gasteiger partial charge in [0.05, 0.1) is 0 Å². The predicted octanol–water partition coefficient (Wildman–Crippen LogP) is 4.53. The van der Waals surface area contributed by atoms with E-state index in [2.05, 4.69) is 5.32 Å². The average Bonchev–Trinajstić information content (AvgIpc) is 2.62. The van der Waals surface area contributed by atoms with E-state index in [4.69, 9.17) is 16.3 Å². The summed E-state index contributed by atoms with van der Waals surface area (Å²) in [5.74, 6) is -0.374. The van der Waals surface area contributed by atoms with Gasteiger partial charge in [-0.25, -0.2) is 9.18 Å². The minimum absolute atomic E-state index is 0.0490. The zero-order chi connectivity index (χ0) is 21.6. The summed E-state index contributed by atoms with van der Waals surface area (Å²) in [7, 11) is 0. The number of amides is 1. The second-order valence-corrected chi connectivity index (χ2v) is 8.24. The fourth-order valence-electron chi connectivity index (χ4n) is 2.84. The van der Waals surface area contributed by atoms with Gasteiger partial charge in [0.1, 0.15) is 23.8 Å². The zero-order valence-electron chi connectivity index (χ0n) is 16.6. The normalized spacial score (nSPS) is 13.4. The van der Waals surface area contributed by atoms with Crippen LogP contribution < -0.4 is 5.32 Å². The first-order valence-electron chi connectivity index (χ1n) is 9.24. The number of aliphatic hydroxyl groups excluding tert-OH is 1. The molecular formula is C22H25ClFNO4. The SMILES string of the molecule is CC(C)(C)OC(=O)N[C@H](Cc1ccc(-c2cc(Cl)ccc2F)cc1)CC(O)C=O. The highest BCUT2D eigenvalue weighted by molar-refractivity contribution is 6.30. The molecule has 2 N–H and O–H groups in total. The number of benzene rings is 2. The lowest BCUT2D eigenvalue weighted by Gasteiger charge is -2.24. The molecule has 29 heavy (non-hydrogen) atoms. The Hall–Kier alpha value is -2.44. The third-order valence-electron chi connectivity index (χ3n) is 4.08. The molecule has 0 radical (unpaired) electrons. The molecule has 2 atom stereocenters. The van der Waals surface area contributed by atoms with Crippen LogP contribution in [0.1, 0.15) is 32.8 Å². The van der Waals surface area contributed by atoms with Crippen molar-refractivity contribution in [2.24, 2.45) is 0 Å². The summed E-state index contributed by atoms with van der Waals surface area (Å²) in [5.41, 5.74) is 1.23. The van der Waals surface area contributed by atoms with Gasteiger partial charge >= 0.3 is 6.09 Å². The highest BCUT2D eigenvalue weighted by Gasteiger charge is 2.22. The van der Waals surface area contributed by atoms with Gasteiger partial charge in [-0.15, -0.1) is 0 Å². The van der Waals surface area contributed by atoms with E-state index >= 15 is 0 Å². The van der Waals surface area contributed by atoms with Gasteiger partial charge in [0, 0.05) is 23.0 Å². The van der Waals surface area contributed by atoms with Crippen LogP contribution >= 0.6 is 11.6 Å². The second-order valence-electron chi connectivity index (χ2n) is 7.81. The molecule has 1 amide bonds. The van der Waals surface area contributed by atoms with E-state index in [0.717, 1.165) is 5.56 Å². The molecule has 0 saturated heterocycles. The molecule has 0 bridgehead atoms. The Morgan fingerprint density at radius 2 is 1.90 bits per heavy atom. The first kappa shape index (κ1) is 22.8. The van der Waals surface area contributed by atoms with Crippen molar-refractivity contribution in [1.29, 1.82) is 0 Å². The molecule has 1 unspecified atom stereocenters. The lowest BCUT2D eigenvalue weighted by atomic mass is 9.98. The molecule has 0 fully saturated rings. The van der Waals surface area contributed by atoms with Crippen molar-refractivity contribution in [3.63, 3.8) is 0 Å². The van der Waals surface area contributed by atoms with Crippen molar-refractivity contribution in [3.05, 3.63) is 58.9 Å². The Morgan fingerprint density at radius 3 is 2.48 bits per heavy atom. The van der Waals surface area contributed by atoms with Gasteiger partial charge in [0.15, 0.2) is 0 Å². The van der Waals surface area contributed by atoms with Crippen LogP contribution in [-0.4, -0.2) is 35.2 Å². The van der Waals surface area contributed by atoms with Crippen molar-refractivity contribution in [2.75, 3.05) is 0 Å². The van der Waals surface area contributed by atoms with Crippen LogP contribution in [0, 0.1) is 5.82 Å². The Kier molecular flexibility index (Phi) is 7.76. The Morgan fingerprint density at radius 1 is 1.24 bits per heavy atom. The van der Waals surface area contributed by atoms with E-state index in [1.807, 2.05) is 0 Å². The number of carbonyl (C=O) groups excluding carboxylic acids is 2. The number of carbonyl (C=O) groups is 2. The average molecular weight is 422 g/mol. The van der Waals surface area contributed by atoms with Crippen LogP contribution in [0.15, 0.2) is 42.5 Å². The molecule has 0 aliphatic heterocycles. The number of halogens is 2. The van der Waals surface area contributed by atoms with Gasteiger partial charge in [-0.1, -0.05) is 35.9 Å². The molecule has 2 aromatic rings. The number of aliphatic hydroxyl groups is 1. The molecule has 0 aliphatic rings. The van der Waals surface area contributed by atoms with Crippen molar-refractivity contribution >= 4 is 24.0 Å². The summed E-state index contributed by atoms with van der Waals surface area (Å²) >= 11 is 5.95. The molecule has 5 nitrogen and oxygen atoms in total. The number of hydrogen-bond donors (Lipinski definition) is 2. The molecule has 2 aromatic carbocycles. The summed E-state index contributed by atoms with van der Waals surface area (Å²) in [4.78, 5) is 22.9. The van der Waals surface area contributed by atoms with Gasteiger partial charge in [0.25, 0.3) is 0 Å². The minimum atomic E-state index is -1.20. The van der Waals surface area contributed by atoms with Crippen molar-refractivity contribution in [3.8, 4) is 11.1 Å². The molecule has 7 heteroatoms. The van der Waals surface area contributed by atoms with Crippen LogP contribution in [-0.2, 0) is 16.0 Å². The monoisotopic (exact) mass is 421 g/mol. The van der Waals surface area contributed by atoms with E-state index in [0.29, 0.717) is 28.9 Å². The van der Waals surface area contributed by atoms with E-state index < -0.39 is 23.8 Å². The van der Waals surface area contributed by atoms with Crippen LogP contribution in [0.4, 0.5) is 9.18 Å². The van der Waals surface area contributed by atoms with Crippen molar-refractivity contribution in [2.45, 2.75) is 51.4 Å². The fraction of sp³-hybridized carbons (Fsp3) is 0.364. The van der Waals surface area contributed by atoms with Crippen molar-refractivity contribution < 1.29 is 23.8 Å². The van der Waals surface area contributed by atoms with E-state index in [1.165, 1.54) is 12.1 Å². The maximum Gasteiger partial charge on any atom is 0.407 e. The largest absolute Gasteiger partial charge is 0.444 e. The number of nitrogens with one attached hydrogen (secondary N) is 1. The highest BCUT2D eigenvalue weighted by Crippen LogP contribution is 2.26. The summed E-state index contributed by atoms with van der Waals surface area (Å²) < 4.78 is 19.3. The number of hydrogen-bond acceptors (Lipinski definition) is 4. The Labute approximate surface area is 174 Å². The molecule has 0 spiro atoms. The van der Waals surface area contributed by atoms with Gasteiger partial charge < -0.3 is 20.0 Å². The Bertz CT molecular complexity index is 849. The summed E-state index contributed by atoms with van der Waals surface area (Å²) in [6, 6.07) is 10.9. The number of aldehydes is 1. The summed E-state index contributed by atoms with van der Waals surface area (Å²) in [6.07, 6.45) is -0.988. The van der Waals surface area contributed by atoms with Gasteiger partial charge in [-0.3, -0.25) is 0 Å². The first-order chi connectivity index (χ1) is 13.6. The highest BCUT2D eigenvalue weighted by atomic mass is 35.5. The van der Waals surface area contributed by atoms with Crippen LogP contribution in [0.2, 0.25) is 5.02 Å². The van der Waals surface area contributed by atoms with Crippen LogP contribution in [0.25, 0.3) is 11.1 Å². The molecule has 0 aromatic heterocycles. The molecule has 0 aliphatic carbocycles. The van der Waals surface area contributed by atoms with E-state index in [9.17, 15) is 19.1 Å². The predicted molar refractivity (Wildman–Crippen MR) is 110 cm³/mol. The minimum Gasteiger partial charge on any atom is -0.444 e. The quantitative estimate of drug-likeness (QED) is 0.644. The zero-order valence-corrected chi connectivity index (χ0v) is 17.4. The standard InChI is InChI=1S/C22H25ClFNO4/c1-22(2,3)29-21(28)25-17(12-18(27)13-26)10-14-4-6-15(7-5-14)19-11-16(23)8-9-20(19)24/h4-9,11,13,17-18,27H,10,12H2,1-3H3,(H,25,28)/t17-,18?/m1/s1. The lowest BCUT2D eigenvalue weighted by Crippen LogP contribution is -2.42. The van der Waals surface area contributed by atoms with Gasteiger partial charge in [-0.05, 0) is 56.5 Å². The number of ether oxygens (including phenoxy) is 1. The third kappa shape index (κ3) is 7.48. The molecular weight excluding hydrogens is 397 g/mol. The summed E-state index contributed by atoms with van der Waals surface area (Å²) in [5, 5.41) is 12.8. The molecule has 0 heterocycles. The first-order valence-corrected chi connectivity index (χ1v) is 9.62. The molecule has 156 valence electrons. The van der Waals surface area contributed by atoms with Gasteiger partial charge in [-0.2, -0.15) is 0 Å².